The maximum absolute atomic E-state index is 13.3. The Morgan fingerprint density at radius 1 is 1.03 bits per heavy atom. The molecule has 0 saturated heterocycles. The molecule has 7 heteroatoms. The number of benzene rings is 1. The van der Waals surface area contributed by atoms with Crippen molar-refractivity contribution >= 4 is 16.7 Å². The van der Waals surface area contributed by atoms with Gasteiger partial charge in [-0.05, 0) is 43.5 Å². The van der Waals surface area contributed by atoms with Gasteiger partial charge in [-0.2, -0.15) is 13.2 Å². The molecule has 2 heterocycles. The van der Waals surface area contributed by atoms with Gasteiger partial charge in [-0.25, -0.2) is 9.97 Å². The summed E-state index contributed by atoms with van der Waals surface area (Å²) in [5.41, 5.74) is 1.36. The van der Waals surface area contributed by atoms with Gasteiger partial charge in [-0.15, -0.1) is 0 Å². The number of pyridine rings is 1. The van der Waals surface area contributed by atoms with E-state index in [-0.39, 0.29) is 5.69 Å². The minimum absolute atomic E-state index is 0.106. The summed E-state index contributed by atoms with van der Waals surface area (Å²) in [4.78, 5) is 12.5. The van der Waals surface area contributed by atoms with Gasteiger partial charge in [0, 0.05) is 23.7 Å². The van der Waals surface area contributed by atoms with Crippen molar-refractivity contribution in [2.45, 2.75) is 25.4 Å². The number of fused-ring (bicyclic) bond motifs is 1. The number of allylic oxidation sites excluding steroid dienone is 3. The second kappa shape index (κ2) is 8.03. The number of anilines is 1. The molecule has 0 saturated carbocycles. The Bertz CT molecular complexity index is 1090. The topological polar surface area (TPSA) is 50.7 Å². The average Bonchev–Trinajstić information content (AvgIpc) is 2.74. The molecule has 1 aliphatic rings. The van der Waals surface area contributed by atoms with Crippen LogP contribution in [0, 0.1) is 0 Å². The summed E-state index contributed by atoms with van der Waals surface area (Å²) in [6.45, 7) is 0.711. The highest BCUT2D eigenvalue weighted by atomic mass is 19.4. The van der Waals surface area contributed by atoms with Gasteiger partial charge in [0.15, 0.2) is 0 Å². The highest BCUT2D eigenvalue weighted by Crippen LogP contribution is 2.36. The van der Waals surface area contributed by atoms with E-state index in [2.05, 4.69) is 38.5 Å². The highest BCUT2D eigenvalue weighted by Gasteiger charge is 2.34. The lowest BCUT2D eigenvalue weighted by atomic mass is 10.0. The molecule has 1 aromatic carbocycles. The van der Waals surface area contributed by atoms with E-state index in [9.17, 15) is 13.2 Å². The molecule has 0 fully saturated rings. The molecular weight excluding hydrogens is 377 g/mol. The van der Waals surface area contributed by atoms with Gasteiger partial charge in [0.05, 0.1) is 16.8 Å². The zero-order valence-electron chi connectivity index (χ0n) is 15.6. The number of nitrogens with zero attached hydrogens (tertiary/aromatic N) is 3. The van der Waals surface area contributed by atoms with Gasteiger partial charge in [-0.3, -0.25) is 4.98 Å². The minimum atomic E-state index is -4.47. The van der Waals surface area contributed by atoms with Crippen LogP contribution in [0.25, 0.3) is 22.2 Å². The number of aromatic nitrogens is 3. The lowest BCUT2D eigenvalue weighted by Crippen LogP contribution is -2.08. The number of halogens is 3. The first-order valence-electron chi connectivity index (χ1n) is 9.39. The zero-order valence-corrected chi connectivity index (χ0v) is 15.6. The van der Waals surface area contributed by atoms with Crippen molar-refractivity contribution < 1.29 is 13.2 Å². The molecule has 0 aliphatic heterocycles. The van der Waals surface area contributed by atoms with E-state index in [0.29, 0.717) is 23.4 Å². The standard InChI is InChI=1S/C22H19F3N4/c23-22(24,25)18-7-4-11-26-20(18)16-8-9-17-19(13-16)28-14-29-21(17)27-12-10-15-5-2-1-3-6-15/h2,4-9,11,13-14H,1,3,10,12H2,(H,27,28,29). The summed E-state index contributed by atoms with van der Waals surface area (Å²) in [6.07, 6.45) is 7.87. The fraction of sp³-hybridized carbons (Fsp3) is 0.227. The van der Waals surface area contributed by atoms with Gasteiger partial charge < -0.3 is 5.32 Å². The van der Waals surface area contributed by atoms with E-state index in [1.165, 1.54) is 24.2 Å². The first-order valence-corrected chi connectivity index (χ1v) is 9.39. The maximum Gasteiger partial charge on any atom is 0.418 e. The lowest BCUT2D eigenvalue weighted by molar-refractivity contribution is -0.137. The molecule has 0 spiro atoms. The molecule has 0 unspecified atom stereocenters. The molecule has 4 nitrogen and oxygen atoms in total. The Morgan fingerprint density at radius 2 is 1.93 bits per heavy atom. The number of alkyl halides is 3. The third-order valence-electron chi connectivity index (χ3n) is 4.80. The van der Waals surface area contributed by atoms with E-state index in [0.717, 1.165) is 30.7 Å². The van der Waals surface area contributed by atoms with Crippen LogP contribution in [0.4, 0.5) is 19.0 Å². The number of hydrogen-bond acceptors (Lipinski definition) is 4. The second-order valence-corrected chi connectivity index (χ2v) is 6.79. The van der Waals surface area contributed by atoms with Crippen LogP contribution in [0.15, 0.2) is 66.7 Å². The van der Waals surface area contributed by atoms with Crippen LogP contribution in [0.1, 0.15) is 24.8 Å². The Labute approximate surface area is 166 Å². The third kappa shape index (κ3) is 4.29. The summed E-state index contributed by atoms with van der Waals surface area (Å²) in [5.74, 6) is 0.666. The van der Waals surface area contributed by atoms with Gasteiger partial charge in [0.25, 0.3) is 0 Å². The molecule has 2 aromatic heterocycles. The van der Waals surface area contributed by atoms with Crippen molar-refractivity contribution in [1.29, 1.82) is 0 Å². The Morgan fingerprint density at radius 3 is 2.72 bits per heavy atom. The second-order valence-electron chi connectivity index (χ2n) is 6.79. The summed E-state index contributed by atoms with van der Waals surface area (Å²) in [6, 6.07) is 7.30. The van der Waals surface area contributed by atoms with Crippen molar-refractivity contribution in [1.82, 2.24) is 15.0 Å². The molecule has 1 aliphatic carbocycles. The van der Waals surface area contributed by atoms with Gasteiger partial charge in [-0.1, -0.05) is 29.9 Å². The van der Waals surface area contributed by atoms with Crippen molar-refractivity contribution in [2.24, 2.45) is 0 Å². The van der Waals surface area contributed by atoms with E-state index in [1.807, 2.05) is 0 Å². The van der Waals surface area contributed by atoms with Crippen molar-refractivity contribution in [3.63, 3.8) is 0 Å². The average molecular weight is 396 g/mol. The van der Waals surface area contributed by atoms with Crippen LogP contribution in [-0.4, -0.2) is 21.5 Å². The zero-order chi connectivity index (χ0) is 20.3. The predicted octanol–water partition coefficient (Wildman–Crippen LogP) is 5.79. The summed E-state index contributed by atoms with van der Waals surface area (Å²) < 4.78 is 40.0. The minimum Gasteiger partial charge on any atom is -0.369 e. The molecule has 0 amide bonds. The lowest BCUT2D eigenvalue weighted by Gasteiger charge is -2.13. The van der Waals surface area contributed by atoms with Crippen LogP contribution >= 0.6 is 0 Å². The number of hydrogen-bond donors (Lipinski definition) is 1. The van der Waals surface area contributed by atoms with Crippen molar-refractivity contribution in [3.05, 3.63) is 72.2 Å². The fourth-order valence-corrected chi connectivity index (χ4v) is 3.39. The predicted molar refractivity (Wildman–Crippen MR) is 107 cm³/mol. The molecule has 0 atom stereocenters. The summed E-state index contributed by atoms with van der Waals surface area (Å²) >= 11 is 0. The van der Waals surface area contributed by atoms with Crippen LogP contribution in [0.5, 0.6) is 0 Å². The SMILES string of the molecule is FC(F)(F)c1cccnc1-c1ccc2c(NCCC3=CCCC=C3)ncnc2c1. The monoisotopic (exact) mass is 396 g/mol. The first-order chi connectivity index (χ1) is 14.0. The summed E-state index contributed by atoms with van der Waals surface area (Å²) in [5, 5.41) is 4.07. The molecule has 1 N–H and O–H groups in total. The quantitative estimate of drug-likeness (QED) is 0.593. The van der Waals surface area contributed by atoms with Crippen LogP contribution in [0.2, 0.25) is 0 Å². The normalized spacial score (nSPS) is 14.1. The van der Waals surface area contributed by atoms with Crippen LogP contribution < -0.4 is 5.32 Å². The molecule has 4 rings (SSSR count). The molecular formula is C22H19F3N4. The Hall–Kier alpha value is -3.22. The summed E-state index contributed by atoms with van der Waals surface area (Å²) in [7, 11) is 0. The van der Waals surface area contributed by atoms with Gasteiger partial charge in [0.2, 0.25) is 0 Å². The Kier molecular flexibility index (Phi) is 5.29. The number of nitrogens with one attached hydrogen (secondary N) is 1. The van der Waals surface area contributed by atoms with Gasteiger partial charge in [0.1, 0.15) is 12.1 Å². The first kappa shape index (κ1) is 19.1. The molecule has 29 heavy (non-hydrogen) atoms. The van der Waals surface area contributed by atoms with Crippen molar-refractivity contribution in [3.8, 4) is 11.3 Å². The largest absolute Gasteiger partial charge is 0.418 e. The highest BCUT2D eigenvalue weighted by molar-refractivity contribution is 5.91. The molecule has 0 bridgehead atoms. The fourth-order valence-electron chi connectivity index (χ4n) is 3.39. The van der Waals surface area contributed by atoms with Gasteiger partial charge >= 0.3 is 6.18 Å². The van der Waals surface area contributed by atoms with E-state index in [1.54, 1.807) is 18.2 Å². The van der Waals surface area contributed by atoms with Crippen LogP contribution in [0.3, 0.4) is 0 Å². The Balaban J connectivity index is 1.60. The molecule has 0 radical (unpaired) electrons. The maximum atomic E-state index is 13.3. The van der Waals surface area contributed by atoms with Crippen LogP contribution in [-0.2, 0) is 6.18 Å². The van der Waals surface area contributed by atoms with E-state index < -0.39 is 11.7 Å². The molecule has 3 aromatic rings. The smallest absolute Gasteiger partial charge is 0.369 e. The third-order valence-corrected chi connectivity index (χ3v) is 4.80. The van der Waals surface area contributed by atoms with Crippen molar-refractivity contribution in [2.75, 3.05) is 11.9 Å². The van der Waals surface area contributed by atoms with E-state index >= 15 is 0 Å². The van der Waals surface area contributed by atoms with E-state index in [4.69, 9.17) is 0 Å². The molecule has 148 valence electrons. The number of rotatable bonds is 5.